The highest BCUT2D eigenvalue weighted by Crippen LogP contribution is 2.33. The summed E-state index contributed by atoms with van der Waals surface area (Å²) in [7, 11) is 0. The largest absolute Gasteiger partial charge is 0.381 e. The maximum Gasteiger partial charge on any atom is 0.0509 e. The van der Waals surface area contributed by atoms with Crippen molar-refractivity contribution in [1.29, 1.82) is 0 Å². The molecule has 0 radical (unpaired) electrons. The lowest BCUT2D eigenvalue weighted by Gasteiger charge is -2.37. The smallest absolute Gasteiger partial charge is 0.0509 e. The van der Waals surface area contributed by atoms with Gasteiger partial charge < -0.3 is 10.1 Å². The first-order valence-corrected chi connectivity index (χ1v) is 7.91. The molecular weight excluding hydrogens is 224 g/mol. The van der Waals surface area contributed by atoms with Crippen LogP contribution in [0.15, 0.2) is 0 Å². The van der Waals surface area contributed by atoms with Crippen LogP contribution >= 0.6 is 0 Å². The van der Waals surface area contributed by atoms with Crippen molar-refractivity contribution in [2.75, 3.05) is 26.3 Å². The normalized spacial score (nSPS) is 35.0. The molecule has 0 aromatic heterocycles. The zero-order chi connectivity index (χ0) is 12.4. The summed E-state index contributed by atoms with van der Waals surface area (Å²) in [6.07, 6.45) is 8.26. The molecule has 1 aliphatic carbocycles. The fourth-order valence-corrected chi connectivity index (χ4v) is 3.59. The summed E-state index contributed by atoms with van der Waals surface area (Å²) in [5, 5.41) is 3.70. The number of nitrogens with one attached hydrogen (secondary N) is 1. The minimum atomic E-state index is 0.712. The first-order valence-electron chi connectivity index (χ1n) is 7.91. The van der Waals surface area contributed by atoms with Gasteiger partial charge in [-0.15, -0.1) is 0 Å². The maximum absolute atomic E-state index is 5.58. The highest BCUT2D eigenvalue weighted by atomic mass is 16.5. The molecule has 3 nitrogen and oxygen atoms in total. The molecule has 0 aromatic rings. The van der Waals surface area contributed by atoms with Crippen molar-refractivity contribution in [3.63, 3.8) is 0 Å². The second kappa shape index (κ2) is 5.89. The molecule has 1 saturated carbocycles. The van der Waals surface area contributed by atoms with E-state index in [0.29, 0.717) is 6.04 Å². The van der Waals surface area contributed by atoms with E-state index in [1.807, 2.05) is 0 Å². The fourth-order valence-electron chi connectivity index (χ4n) is 3.59. The molecule has 18 heavy (non-hydrogen) atoms. The molecule has 0 aromatic carbocycles. The fraction of sp³-hybridized carbons (Fsp3) is 1.00. The molecule has 104 valence electrons. The monoisotopic (exact) mass is 252 g/mol. The van der Waals surface area contributed by atoms with Crippen molar-refractivity contribution >= 4 is 0 Å². The van der Waals surface area contributed by atoms with Gasteiger partial charge in [0, 0.05) is 31.3 Å². The molecule has 3 rings (SSSR count). The van der Waals surface area contributed by atoms with Gasteiger partial charge in [-0.25, -0.2) is 0 Å². The molecule has 0 amide bonds. The first kappa shape index (κ1) is 12.9. The Hall–Kier alpha value is -0.120. The maximum atomic E-state index is 5.58. The van der Waals surface area contributed by atoms with E-state index in [1.165, 1.54) is 51.6 Å². The molecule has 0 bridgehead atoms. The molecule has 1 N–H and O–H groups in total. The lowest BCUT2D eigenvalue weighted by molar-refractivity contribution is 0.108. The summed E-state index contributed by atoms with van der Waals surface area (Å²) in [4.78, 5) is 2.79. The lowest BCUT2D eigenvalue weighted by atomic mass is 9.97. The Balaban J connectivity index is 1.56. The second-order valence-corrected chi connectivity index (χ2v) is 6.44. The average molecular weight is 252 g/mol. The molecule has 0 spiro atoms. The number of rotatable bonds is 5. The predicted octanol–water partition coefficient (Wildman–Crippen LogP) is 2.02. The van der Waals surface area contributed by atoms with E-state index in [2.05, 4.69) is 17.1 Å². The van der Waals surface area contributed by atoms with Crippen LogP contribution in [0.2, 0.25) is 0 Å². The van der Waals surface area contributed by atoms with Gasteiger partial charge in [0.15, 0.2) is 0 Å². The van der Waals surface area contributed by atoms with Crippen LogP contribution < -0.4 is 5.32 Å². The Morgan fingerprint density at radius 3 is 2.72 bits per heavy atom. The van der Waals surface area contributed by atoms with Crippen LogP contribution in [-0.2, 0) is 4.74 Å². The van der Waals surface area contributed by atoms with Crippen molar-refractivity contribution < 1.29 is 4.74 Å². The topological polar surface area (TPSA) is 24.5 Å². The summed E-state index contributed by atoms with van der Waals surface area (Å²) in [6, 6.07) is 2.33. The van der Waals surface area contributed by atoms with E-state index in [1.54, 1.807) is 0 Å². The van der Waals surface area contributed by atoms with E-state index in [9.17, 15) is 0 Å². The Labute approximate surface area is 111 Å². The Kier molecular flexibility index (Phi) is 4.22. The first-order chi connectivity index (χ1) is 8.84. The summed E-state index contributed by atoms with van der Waals surface area (Å²) in [5.41, 5.74) is 0. The van der Waals surface area contributed by atoms with Crippen molar-refractivity contribution in [2.24, 2.45) is 5.92 Å². The zero-order valence-corrected chi connectivity index (χ0v) is 11.7. The average Bonchev–Trinajstić information content (AvgIpc) is 3.10. The molecule has 3 heteroatoms. The van der Waals surface area contributed by atoms with Crippen LogP contribution in [0, 0.1) is 5.92 Å². The number of ether oxygens (including phenoxy) is 1. The van der Waals surface area contributed by atoms with E-state index in [4.69, 9.17) is 4.74 Å². The Bertz CT molecular complexity index is 255. The van der Waals surface area contributed by atoms with Gasteiger partial charge in [-0.05, 0) is 51.5 Å². The summed E-state index contributed by atoms with van der Waals surface area (Å²) >= 11 is 0. The van der Waals surface area contributed by atoms with E-state index in [-0.39, 0.29) is 0 Å². The van der Waals surface area contributed by atoms with Crippen molar-refractivity contribution in [1.82, 2.24) is 10.2 Å². The van der Waals surface area contributed by atoms with E-state index in [0.717, 1.165) is 31.2 Å². The number of piperidine rings is 1. The third kappa shape index (κ3) is 3.06. The molecule has 2 saturated heterocycles. The van der Waals surface area contributed by atoms with Gasteiger partial charge in [0.05, 0.1) is 6.61 Å². The van der Waals surface area contributed by atoms with E-state index < -0.39 is 0 Å². The van der Waals surface area contributed by atoms with Gasteiger partial charge in [-0.3, -0.25) is 4.90 Å². The van der Waals surface area contributed by atoms with Crippen LogP contribution in [-0.4, -0.2) is 49.3 Å². The highest BCUT2D eigenvalue weighted by Gasteiger charge is 2.37. The SMILES string of the molecule is CC(C1CCOC1)N(CC1CCCCN1)C1CC1. The molecule has 2 heterocycles. The van der Waals surface area contributed by atoms with Crippen LogP contribution in [0.25, 0.3) is 0 Å². The minimum Gasteiger partial charge on any atom is -0.381 e. The minimum absolute atomic E-state index is 0.712. The van der Waals surface area contributed by atoms with Crippen molar-refractivity contribution in [3.8, 4) is 0 Å². The molecular formula is C15H28N2O. The van der Waals surface area contributed by atoms with Gasteiger partial charge in [0.1, 0.15) is 0 Å². The lowest BCUT2D eigenvalue weighted by Crippen LogP contribution is -2.49. The Morgan fingerprint density at radius 1 is 1.22 bits per heavy atom. The van der Waals surface area contributed by atoms with Crippen LogP contribution in [0.4, 0.5) is 0 Å². The number of nitrogens with zero attached hydrogens (tertiary/aromatic N) is 1. The van der Waals surface area contributed by atoms with Crippen LogP contribution in [0.3, 0.4) is 0 Å². The molecule has 3 unspecified atom stereocenters. The zero-order valence-electron chi connectivity index (χ0n) is 11.7. The van der Waals surface area contributed by atoms with Gasteiger partial charge in [0.2, 0.25) is 0 Å². The van der Waals surface area contributed by atoms with Crippen molar-refractivity contribution in [3.05, 3.63) is 0 Å². The third-order valence-corrected chi connectivity index (χ3v) is 5.03. The Morgan fingerprint density at radius 2 is 2.11 bits per heavy atom. The van der Waals surface area contributed by atoms with Crippen LogP contribution in [0.5, 0.6) is 0 Å². The summed E-state index contributed by atoms with van der Waals surface area (Å²) in [6.45, 7) is 6.89. The summed E-state index contributed by atoms with van der Waals surface area (Å²) in [5.74, 6) is 0.772. The van der Waals surface area contributed by atoms with Gasteiger partial charge in [0.25, 0.3) is 0 Å². The molecule has 3 atom stereocenters. The van der Waals surface area contributed by atoms with Gasteiger partial charge in [-0.1, -0.05) is 6.42 Å². The molecule has 3 fully saturated rings. The predicted molar refractivity (Wildman–Crippen MR) is 73.8 cm³/mol. The molecule has 3 aliphatic rings. The van der Waals surface area contributed by atoms with Crippen molar-refractivity contribution in [2.45, 2.75) is 63.6 Å². The standard InChI is InChI=1S/C15H28N2O/c1-12(13-7-9-18-11-13)17(15-5-6-15)10-14-4-2-3-8-16-14/h12-16H,2-11H2,1H3. The number of hydrogen-bond acceptors (Lipinski definition) is 3. The second-order valence-electron chi connectivity index (χ2n) is 6.44. The highest BCUT2D eigenvalue weighted by molar-refractivity contribution is 4.93. The molecule has 2 aliphatic heterocycles. The quantitative estimate of drug-likeness (QED) is 0.810. The number of hydrogen-bond donors (Lipinski definition) is 1. The van der Waals surface area contributed by atoms with Crippen LogP contribution in [0.1, 0.15) is 45.4 Å². The van der Waals surface area contributed by atoms with Gasteiger partial charge >= 0.3 is 0 Å². The van der Waals surface area contributed by atoms with Gasteiger partial charge in [-0.2, -0.15) is 0 Å². The summed E-state index contributed by atoms with van der Waals surface area (Å²) < 4.78 is 5.58. The van der Waals surface area contributed by atoms with E-state index >= 15 is 0 Å². The third-order valence-electron chi connectivity index (χ3n) is 5.03.